The van der Waals surface area contributed by atoms with Crippen LogP contribution in [-0.4, -0.2) is 11.5 Å². The van der Waals surface area contributed by atoms with Crippen molar-refractivity contribution in [1.29, 1.82) is 0 Å². The molecule has 0 radical (unpaired) electrons. The van der Waals surface area contributed by atoms with Crippen LogP contribution in [-0.2, 0) is 0 Å². The third kappa shape index (κ3) is 2.82. The van der Waals surface area contributed by atoms with Gasteiger partial charge >= 0.3 is 0 Å². The lowest BCUT2D eigenvalue weighted by atomic mass is 10.1. The fraction of sp³-hybridized carbons (Fsp3) is 0.357. The van der Waals surface area contributed by atoms with Gasteiger partial charge in [0.05, 0.1) is 12.2 Å². The van der Waals surface area contributed by atoms with Crippen LogP contribution < -0.4 is 5.32 Å². The van der Waals surface area contributed by atoms with Crippen molar-refractivity contribution >= 4 is 15.9 Å². The molecule has 1 aromatic heterocycles. The molecular formula is C14H17BrN2O. The maximum absolute atomic E-state index is 5.82. The molecule has 4 heteroatoms. The van der Waals surface area contributed by atoms with Gasteiger partial charge in [-0.2, -0.15) is 0 Å². The lowest BCUT2D eigenvalue weighted by molar-refractivity contribution is 0.429. The Hall–Kier alpha value is -1.13. The number of hydrogen-bond donors (Lipinski definition) is 1. The molecule has 0 spiro atoms. The Balaban J connectivity index is 2.29. The average molecular weight is 309 g/mol. The molecule has 0 amide bonds. The van der Waals surface area contributed by atoms with E-state index in [9.17, 15) is 0 Å². The molecule has 2 aromatic rings. The fourth-order valence-electron chi connectivity index (χ4n) is 1.91. The van der Waals surface area contributed by atoms with E-state index >= 15 is 0 Å². The molecule has 18 heavy (non-hydrogen) atoms. The summed E-state index contributed by atoms with van der Waals surface area (Å²) >= 11 is 3.46. The summed E-state index contributed by atoms with van der Waals surface area (Å²) in [7, 11) is 0. The van der Waals surface area contributed by atoms with Crippen LogP contribution in [0.2, 0.25) is 0 Å². The molecule has 3 nitrogen and oxygen atoms in total. The summed E-state index contributed by atoms with van der Waals surface area (Å²) in [6, 6.07) is 6.27. The largest absolute Gasteiger partial charge is 0.439 e. The number of halogens is 1. The van der Waals surface area contributed by atoms with E-state index < -0.39 is 0 Å². The summed E-state index contributed by atoms with van der Waals surface area (Å²) in [5.41, 5.74) is 2.25. The molecule has 1 atom stereocenters. The maximum Gasteiger partial charge on any atom is 0.211 e. The Morgan fingerprint density at radius 3 is 2.89 bits per heavy atom. The number of aromatic nitrogens is 1. The zero-order chi connectivity index (χ0) is 13.1. The molecule has 1 unspecified atom stereocenters. The molecule has 96 valence electrons. The monoisotopic (exact) mass is 308 g/mol. The zero-order valence-corrected chi connectivity index (χ0v) is 12.4. The van der Waals surface area contributed by atoms with Crippen molar-refractivity contribution in [3.05, 3.63) is 40.3 Å². The Morgan fingerprint density at radius 1 is 1.44 bits per heavy atom. The summed E-state index contributed by atoms with van der Waals surface area (Å²) in [5, 5.41) is 3.29. The Morgan fingerprint density at radius 2 is 2.22 bits per heavy atom. The molecule has 1 N–H and O–H groups in total. The minimum absolute atomic E-state index is 0.138. The first-order chi connectivity index (χ1) is 8.61. The van der Waals surface area contributed by atoms with Crippen molar-refractivity contribution in [3.8, 4) is 11.3 Å². The fourth-order valence-corrected chi connectivity index (χ4v) is 2.38. The van der Waals surface area contributed by atoms with Crippen LogP contribution in [0.15, 0.2) is 33.3 Å². The molecule has 0 aliphatic rings. The minimum Gasteiger partial charge on any atom is -0.439 e. The second-order valence-corrected chi connectivity index (χ2v) is 5.22. The summed E-state index contributed by atoms with van der Waals surface area (Å²) in [4.78, 5) is 4.33. The Kier molecular flexibility index (Phi) is 4.19. The van der Waals surface area contributed by atoms with E-state index in [1.165, 1.54) is 5.56 Å². The van der Waals surface area contributed by atoms with E-state index in [1.54, 1.807) is 6.20 Å². The van der Waals surface area contributed by atoms with Crippen LogP contribution in [0.25, 0.3) is 11.3 Å². The highest BCUT2D eigenvalue weighted by Crippen LogP contribution is 2.28. The Labute approximate surface area is 116 Å². The summed E-state index contributed by atoms with van der Waals surface area (Å²) < 4.78 is 6.89. The van der Waals surface area contributed by atoms with Gasteiger partial charge in [-0.15, -0.1) is 0 Å². The van der Waals surface area contributed by atoms with Crippen LogP contribution in [0.3, 0.4) is 0 Å². The predicted octanol–water partition coefficient (Wildman–Crippen LogP) is 4.08. The van der Waals surface area contributed by atoms with Crippen LogP contribution in [0.4, 0.5) is 0 Å². The lowest BCUT2D eigenvalue weighted by Gasteiger charge is -2.07. The first kappa shape index (κ1) is 13.3. The molecule has 0 saturated carbocycles. The molecule has 0 saturated heterocycles. The van der Waals surface area contributed by atoms with E-state index in [4.69, 9.17) is 4.42 Å². The van der Waals surface area contributed by atoms with Gasteiger partial charge < -0.3 is 9.73 Å². The smallest absolute Gasteiger partial charge is 0.211 e. The van der Waals surface area contributed by atoms with E-state index in [0.717, 1.165) is 28.2 Å². The van der Waals surface area contributed by atoms with Crippen molar-refractivity contribution in [2.45, 2.75) is 26.8 Å². The van der Waals surface area contributed by atoms with Crippen LogP contribution >= 0.6 is 15.9 Å². The standard InChI is InChI=1S/C14H17BrN2O/c1-4-16-10(3)14-17-8-13(18-14)12-6-5-11(15)7-9(12)2/h5-8,10,16H,4H2,1-3H3. The molecule has 1 aromatic carbocycles. The summed E-state index contributed by atoms with van der Waals surface area (Å²) in [6.07, 6.45) is 1.79. The molecule has 2 rings (SSSR count). The number of benzene rings is 1. The van der Waals surface area contributed by atoms with Crippen LogP contribution in [0, 0.1) is 6.92 Å². The third-order valence-corrected chi connectivity index (χ3v) is 3.35. The van der Waals surface area contributed by atoms with Crippen molar-refractivity contribution in [3.63, 3.8) is 0 Å². The number of nitrogens with zero attached hydrogens (tertiary/aromatic N) is 1. The van der Waals surface area contributed by atoms with Crippen molar-refractivity contribution in [2.24, 2.45) is 0 Å². The van der Waals surface area contributed by atoms with Gasteiger partial charge in [0, 0.05) is 10.0 Å². The minimum atomic E-state index is 0.138. The van der Waals surface area contributed by atoms with E-state index in [0.29, 0.717) is 0 Å². The van der Waals surface area contributed by atoms with Crippen LogP contribution in [0.5, 0.6) is 0 Å². The highest BCUT2D eigenvalue weighted by Gasteiger charge is 2.13. The van der Waals surface area contributed by atoms with Gasteiger partial charge in [0.1, 0.15) is 0 Å². The number of oxazole rings is 1. The first-order valence-corrected chi connectivity index (χ1v) is 6.86. The normalized spacial score (nSPS) is 12.7. The molecular weight excluding hydrogens is 292 g/mol. The zero-order valence-electron chi connectivity index (χ0n) is 10.8. The molecule has 0 bridgehead atoms. The lowest BCUT2D eigenvalue weighted by Crippen LogP contribution is -2.17. The number of rotatable bonds is 4. The van der Waals surface area contributed by atoms with Crippen LogP contribution in [0.1, 0.15) is 31.3 Å². The maximum atomic E-state index is 5.82. The average Bonchev–Trinajstić information content (AvgIpc) is 2.78. The first-order valence-electron chi connectivity index (χ1n) is 6.07. The van der Waals surface area contributed by atoms with E-state index in [1.807, 2.05) is 19.1 Å². The second kappa shape index (κ2) is 5.67. The van der Waals surface area contributed by atoms with Crippen molar-refractivity contribution in [2.75, 3.05) is 6.54 Å². The van der Waals surface area contributed by atoms with Gasteiger partial charge in [0.15, 0.2) is 5.76 Å². The molecule has 0 aliphatic carbocycles. The van der Waals surface area contributed by atoms with E-state index in [2.05, 4.69) is 46.1 Å². The van der Waals surface area contributed by atoms with Gasteiger partial charge in [0.2, 0.25) is 5.89 Å². The van der Waals surface area contributed by atoms with Gasteiger partial charge in [-0.3, -0.25) is 0 Å². The SMILES string of the molecule is CCNC(C)c1ncc(-c2ccc(Br)cc2C)o1. The van der Waals surface area contributed by atoms with Crippen molar-refractivity contribution in [1.82, 2.24) is 10.3 Å². The number of nitrogens with one attached hydrogen (secondary N) is 1. The topological polar surface area (TPSA) is 38.1 Å². The molecule has 0 fully saturated rings. The highest BCUT2D eigenvalue weighted by molar-refractivity contribution is 9.10. The van der Waals surface area contributed by atoms with Gasteiger partial charge in [-0.25, -0.2) is 4.98 Å². The van der Waals surface area contributed by atoms with Gasteiger partial charge in [-0.05, 0) is 44.2 Å². The molecule has 1 heterocycles. The Bertz CT molecular complexity index is 536. The second-order valence-electron chi connectivity index (χ2n) is 4.30. The van der Waals surface area contributed by atoms with Crippen molar-refractivity contribution < 1.29 is 4.42 Å². The summed E-state index contributed by atoms with van der Waals surface area (Å²) in [6.45, 7) is 7.08. The molecule has 0 aliphatic heterocycles. The highest BCUT2D eigenvalue weighted by atomic mass is 79.9. The number of aryl methyl sites for hydroxylation is 1. The van der Waals surface area contributed by atoms with Gasteiger partial charge in [-0.1, -0.05) is 22.9 Å². The third-order valence-electron chi connectivity index (χ3n) is 2.86. The van der Waals surface area contributed by atoms with Gasteiger partial charge in [0.25, 0.3) is 0 Å². The quantitative estimate of drug-likeness (QED) is 0.924. The number of hydrogen-bond acceptors (Lipinski definition) is 3. The predicted molar refractivity (Wildman–Crippen MR) is 76.5 cm³/mol. The summed E-state index contributed by atoms with van der Waals surface area (Å²) in [5.74, 6) is 1.55. The van der Waals surface area contributed by atoms with E-state index in [-0.39, 0.29) is 6.04 Å².